The molecular weight excluding hydrogens is 520 g/mol. The maximum Gasteiger partial charge on any atom is 0.431 e. The molecule has 1 aliphatic heterocycles. The Labute approximate surface area is 203 Å². The fourth-order valence-electron chi connectivity index (χ4n) is 2.97. The van der Waals surface area contributed by atoms with Crippen molar-refractivity contribution in [2.24, 2.45) is 12.0 Å². The first-order valence-electron chi connectivity index (χ1n) is 9.53. The maximum absolute atomic E-state index is 14.7. The Kier molecular flexibility index (Phi) is 7.55. The molecule has 1 fully saturated rings. The highest BCUT2D eigenvalue weighted by molar-refractivity contribution is 8.15. The molecule has 0 unspecified atom stereocenters. The number of aliphatic imine (C=N–C) groups is 1. The van der Waals surface area contributed by atoms with Crippen LogP contribution < -0.4 is 11.2 Å². The molecule has 0 radical (unpaired) electrons. The van der Waals surface area contributed by atoms with Gasteiger partial charge in [-0.3, -0.25) is 23.9 Å². The SMILES string of the molecule is C=CCOC(=O)CN1C(=O)CSC1=Nc1cc(-n2c(=O)cc(C(F)(F)F)n(C)c2=O)c(F)cc1Cl. The molecular formula is C20H15ClF4N4O5S. The zero-order valence-electron chi connectivity index (χ0n) is 17.8. The van der Waals surface area contributed by atoms with Crippen LogP contribution in [0.3, 0.4) is 0 Å². The normalized spacial score (nSPS) is 15.1. The molecule has 3 rings (SSSR count). The van der Waals surface area contributed by atoms with E-state index >= 15 is 0 Å². The number of benzene rings is 1. The van der Waals surface area contributed by atoms with Gasteiger partial charge in [-0.05, 0) is 12.1 Å². The number of nitrogens with zero attached hydrogens (tertiary/aromatic N) is 4. The molecule has 0 atom stereocenters. The molecule has 15 heteroatoms. The van der Waals surface area contributed by atoms with Crippen LogP contribution in [-0.4, -0.2) is 50.0 Å². The Hall–Kier alpha value is -3.39. The number of aromatic nitrogens is 2. The summed E-state index contributed by atoms with van der Waals surface area (Å²) in [5.41, 5.74) is -5.32. The molecule has 1 amide bonds. The maximum atomic E-state index is 14.7. The van der Waals surface area contributed by atoms with Crippen LogP contribution in [0.1, 0.15) is 5.69 Å². The Morgan fingerprint density at radius 1 is 1.29 bits per heavy atom. The van der Waals surface area contributed by atoms with E-state index in [2.05, 4.69) is 11.6 Å². The molecule has 1 aromatic heterocycles. The van der Waals surface area contributed by atoms with E-state index in [1.807, 2.05) is 0 Å². The van der Waals surface area contributed by atoms with Gasteiger partial charge in [-0.15, -0.1) is 0 Å². The summed E-state index contributed by atoms with van der Waals surface area (Å²) >= 11 is 6.97. The summed E-state index contributed by atoms with van der Waals surface area (Å²) in [6, 6.07) is 1.74. The third-order valence-electron chi connectivity index (χ3n) is 4.59. The van der Waals surface area contributed by atoms with E-state index in [9.17, 15) is 36.7 Å². The van der Waals surface area contributed by atoms with Gasteiger partial charge in [0, 0.05) is 13.1 Å². The number of ether oxygens (including phenoxy) is 1. The predicted molar refractivity (Wildman–Crippen MR) is 120 cm³/mol. The van der Waals surface area contributed by atoms with Crippen LogP contribution in [0, 0.1) is 5.82 Å². The number of amides is 1. The highest BCUT2D eigenvalue weighted by Gasteiger charge is 2.35. The molecule has 9 nitrogen and oxygen atoms in total. The summed E-state index contributed by atoms with van der Waals surface area (Å²) in [5, 5.41) is -0.289. The molecule has 0 aliphatic carbocycles. The molecule has 1 aliphatic rings. The van der Waals surface area contributed by atoms with Crippen molar-refractivity contribution in [3.63, 3.8) is 0 Å². The number of carbonyl (C=O) groups is 2. The van der Waals surface area contributed by atoms with Crippen LogP contribution in [0.25, 0.3) is 5.69 Å². The van der Waals surface area contributed by atoms with E-state index in [1.54, 1.807) is 0 Å². The Morgan fingerprint density at radius 3 is 2.60 bits per heavy atom. The second kappa shape index (κ2) is 10.1. The lowest BCUT2D eigenvalue weighted by atomic mass is 10.2. The van der Waals surface area contributed by atoms with E-state index in [0.29, 0.717) is 6.07 Å². The zero-order valence-corrected chi connectivity index (χ0v) is 19.3. The molecule has 0 bridgehead atoms. The lowest BCUT2D eigenvalue weighted by Crippen LogP contribution is -2.41. The highest BCUT2D eigenvalue weighted by atomic mass is 35.5. The van der Waals surface area contributed by atoms with Gasteiger partial charge >= 0.3 is 17.8 Å². The van der Waals surface area contributed by atoms with Crippen molar-refractivity contribution < 1.29 is 31.9 Å². The van der Waals surface area contributed by atoms with Crippen LogP contribution in [-0.2, 0) is 27.5 Å². The minimum Gasteiger partial charge on any atom is -0.460 e. The van der Waals surface area contributed by atoms with Crippen LogP contribution in [0.15, 0.2) is 45.4 Å². The average molecular weight is 535 g/mol. The minimum atomic E-state index is -5.00. The third kappa shape index (κ3) is 5.48. The van der Waals surface area contributed by atoms with Crippen molar-refractivity contribution in [2.75, 3.05) is 18.9 Å². The van der Waals surface area contributed by atoms with Crippen molar-refractivity contribution in [3.05, 3.63) is 68.2 Å². The number of alkyl halides is 3. The lowest BCUT2D eigenvalue weighted by Gasteiger charge is -2.16. The Morgan fingerprint density at radius 2 is 1.97 bits per heavy atom. The summed E-state index contributed by atoms with van der Waals surface area (Å²) in [6.45, 7) is 2.84. The van der Waals surface area contributed by atoms with Gasteiger partial charge in [0.2, 0.25) is 5.91 Å². The van der Waals surface area contributed by atoms with Gasteiger partial charge in [0.15, 0.2) is 5.17 Å². The van der Waals surface area contributed by atoms with Gasteiger partial charge in [0.25, 0.3) is 5.56 Å². The van der Waals surface area contributed by atoms with Gasteiger partial charge < -0.3 is 4.74 Å². The summed E-state index contributed by atoms with van der Waals surface area (Å²) < 4.78 is 59.2. The number of carbonyl (C=O) groups excluding carboxylic acids is 2. The van der Waals surface area contributed by atoms with Gasteiger partial charge in [-0.25, -0.2) is 18.7 Å². The summed E-state index contributed by atoms with van der Waals surface area (Å²) in [4.78, 5) is 54.1. The molecule has 2 aromatic rings. The van der Waals surface area contributed by atoms with Crippen molar-refractivity contribution in [1.29, 1.82) is 0 Å². The number of esters is 1. The lowest BCUT2D eigenvalue weighted by molar-refractivity contribution is -0.145. The number of halogens is 5. The van der Waals surface area contributed by atoms with Crippen molar-refractivity contribution in [3.8, 4) is 5.69 Å². The molecule has 1 saturated heterocycles. The number of hydrogen-bond donors (Lipinski definition) is 0. The molecule has 0 N–H and O–H groups in total. The van der Waals surface area contributed by atoms with E-state index in [1.165, 1.54) is 6.08 Å². The molecule has 186 valence electrons. The quantitative estimate of drug-likeness (QED) is 0.321. The Bertz CT molecular complexity index is 1370. The van der Waals surface area contributed by atoms with Crippen LogP contribution in [0.2, 0.25) is 5.02 Å². The third-order valence-corrected chi connectivity index (χ3v) is 5.85. The molecule has 0 saturated carbocycles. The predicted octanol–water partition coefficient (Wildman–Crippen LogP) is 2.64. The molecule has 35 heavy (non-hydrogen) atoms. The van der Waals surface area contributed by atoms with Crippen LogP contribution >= 0.6 is 23.4 Å². The van der Waals surface area contributed by atoms with Gasteiger partial charge in [0.05, 0.1) is 22.2 Å². The number of hydrogen-bond acceptors (Lipinski definition) is 7. The second-order valence-electron chi connectivity index (χ2n) is 6.93. The molecule has 0 spiro atoms. The number of thioether (sulfide) groups is 1. The monoisotopic (exact) mass is 534 g/mol. The topological polar surface area (TPSA) is 103 Å². The first kappa shape index (κ1) is 26.2. The van der Waals surface area contributed by atoms with Gasteiger partial charge in [-0.1, -0.05) is 36.0 Å². The zero-order chi connectivity index (χ0) is 26.1. The van der Waals surface area contributed by atoms with Crippen LogP contribution in [0.5, 0.6) is 0 Å². The smallest absolute Gasteiger partial charge is 0.431 e. The largest absolute Gasteiger partial charge is 0.460 e. The average Bonchev–Trinajstić information content (AvgIpc) is 3.10. The Balaban J connectivity index is 2.09. The van der Waals surface area contributed by atoms with Gasteiger partial charge in [-0.2, -0.15) is 13.2 Å². The minimum absolute atomic E-state index is 0.00215. The van der Waals surface area contributed by atoms with Crippen molar-refractivity contribution in [1.82, 2.24) is 14.0 Å². The summed E-state index contributed by atoms with van der Waals surface area (Å²) in [7, 11) is 0.778. The number of amidine groups is 1. The van der Waals surface area contributed by atoms with E-state index in [0.717, 1.165) is 29.8 Å². The molecule has 1 aromatic carbocycles. The number of rotatable bonds is 6. The van der Waals surface area contributed by atoms with Crippen molar-refractivity contribution in [2.45, 2.75) is 6.18 Å². The summed E-state index contributed by atoms with van der Waals surface area (Å²) in [5.74, 6) is -2.48. The highest BCUT2D eigenvalue weighted by Crippen LogP contribution is 2.32. The van der Waals surface area contributed by atoms with E-state index in [4.69, 9.17) is 16.3 Å². The van der Waals surface area contributed by atoms with Crippen LogP contribution in [0.4, 0.5) is 23.2 Å². The fourth-order valence-corrected chi connectivity index (χ4v) is 4.06. The summed E-state index contributed by atoms with van der Waals surface area (Å²) in [6.07, 6.45) is -3.66. The first-order valence-corrected chi connectivity index (χ1v) is 10.9. The van der Waals surface area contributed by atoms with Crippen molar-refractivity contribution >= 4 is 46.1 Å². The standard InChI is InChI=1S/C20H15ClF4N4O5S/c1-3-4-34-17(32)8-28-16(31)9-35-18(28)26-12-6-13(11(22)5-10(12)21)29-15(30)7-14(20(23,24)25)27(2)19(29)33/h3,5-7H,1,4,8-9H2,2H3. The van der Waals surface area contributed by atoms with E-state index < -0.39 is 53.0 Å². The fraction of sp³-hybridized carbons (Fsp3) is 0.250. The second-order valence-corrected chi connectivity index (χ2v) is 8.28. The van der Waals surface area contributed by atoms with E-state index in [-0.39, 0.29) is 43.4 Å². The molecule has 2 heterocycles. The van der Waals surface area contributed by atoms with Gasteiger partial charge in [0.1, 0.15) is 24.7 Å². The first-order chi connectivity index (χ1) is 16.3.